The lowest BCUT2D eigenvalue weighted by Crippen LogP contribution is -2.44. The second kappa shape index (κ2) is 8.66. The number of hydrogen-bond donors (Lipinski definition) is 1. The molecule has 0 aliphatic rings. The molecule has 0 saturated carbocycles. The van der Waals surface area contributed by atoms with Crippen LogP contribution in [0.5, 0.6) is 0 Å². The summed E-state index contributed by atoms with van der Waals surface area (Å²) in [5, 5.41) is 7.20. The van der Waals surface area contributed by atoms with Gasteiger partial charge in [0, 0.05) is 24.8 Å². The summed E-state index contributed by atoms with van der Waals surface area (Å²) in [5.74, 6) is -0.347. The maximum atomic E-state index is 13.0. The van der Waals surface area contributed by atoms with Gasteiger partial charge in [-0.05, 0) is 31.5 Å². The van der Waals surface area contributed by atoms with Gasteiger partial charge in [0.2, 0.25) is 5.91 Å². The average molecular weight is 431 g/mol. The Morgan fingerprint density at radius 3 is 2.12 bits per heavy atom. The Bertz CT molecular complexity index is 1410. The van der Waals surface area contributed by atoms with Crippen LogP contribution in [0.25, 0.3) is 11.0 Å². The number of fused-ring (bicyclic) bond motifs is 1. The Morgan fingerprint density at radius 2 is 1.50 bits per heavy atom. The molecule has 4 aromatic rings. The zero-order chi connectivity index (χ0) is 22.8. The predicted octanol–water partition coefficient (Wildman–Crippen LogP) is 1.88. The Morgan fingerprint density at radius 1 is 0.906 bits per heavy atom. The molecule has 0 atom stereocenters. The van der Waals surface area contributed by atoms with Crippen LogP contribution in [-0.4, -0.2) is 24.8 Å². The van der Waals surface area contributed by atoms with E-state index in [2.05, 4.69) is 10.4 Å². The van der Waals surface area contributed by atoms with Crippen LogP contribution in [0.1, 0.15) is 22.5 Å². The van der Waals surface area contributed by atoms with Crippen molar-refractivity contribution in [3.63, 3.8) is 0 Å². The van der Waals surface area contributed by atoms with Crippen LogP contribution in [0.4, 0.5) is 0 Å². The van der Waals surface area contributed by atoms with Crippen molar-refractivity contribution in [2.75, 3.05) is 0 Å². The second-order valence-electron chi connectivity index (χ2n) is 7.81. The third-order valence-corrected chi connectivity index (χ3v) is 5.74. The molecule has 32 heavy (non-hydrogen) atoms. The standard InChI is InChI=1S/C24H25N5O3/c1-16-19(17(2)27(3)26-16)13-25-22(30)15-29-21-12-8-7-11-20(21)28(23(31)24(29)32)14-18-9-5-4-6-10-18/h4-12H,13-15H2,1-3H3,(H,25,30). The highest BCUT2D eigenvalue weighted by Crippen LogP contribution is 2.13. The molecule has 8 heteroatoms. The lowest BCUT2D eigenvalue weighted by Gasteiger charge is -2.15. The van der Waals surface area contributed by atoms with Crippen LogP contribution in [0, 0.1) is 13.8 Å². The molecule has 0 bridgehead atoms. The number of carbonyl (C=O) groups excluding carboxylic acids is 1. The van der Waals surface area contributed by atoms with E-state index in [0.29, 0.717) is 17.6 Å². The van der Waals surface area contributed by atoms with Gasteiger partial charge in [0.05, 0.1) is 23.3 Å². The van der Waals surface area contributed by atoms with E-state index in [1.807, 2.05) is 57.3 Å². The van der Waals surface area contributed by atoms with Gasteiger partial charge in [0.15, 0.2) is 0 Å². The smallest absolute Gasteiger partial charge is 0.317 e. The number of hydrogen-bond acceptors (Lipinski definition) is 4. The molecule has 8 nitrogen and oxygen atoms in total. The van der Waals surface area contributed by atoms with Gasteiger partial charge < -0.3 is 5.32 Å². The molecule has 0 aliphatic carbocycles. The number of amides is 1. The highest BCUT2D eigenvalue weighted by molar-refractivity contribution is 5.80. The molecule has 0 saturated heterocycles. The number of carbonyl (C=O) groups is 1. The van der Waals surface area contributed by atoms with Gasteiger partial charge in [-0.25, -0.2) is 0 Å². The van der Waals surface area contributed by atoms with Crippen molar-refractivity contribution in [1.82, 2.24) is 24.2 Å². The third-order valence-electron chi connectivity index (χ3n) is 5.74. The van der Waals surface area contributed by atoms with E-state index in [4.69, 9.17) is 0 Å². The summed E-state index contributed by atoms with van der Waals surface area (Å²) in [4.78, 5) is 38.6. The molecule has 0 fully saturated rings. The fraction of sp³-hybridized carbons (Fsp3) is 0.250. The van der Waals surface area contributed by atoms with E-state index in [9.17, 15) is 14.4 Å². The van der Waals surface area contributed by atoms with Gasteiger partial charge in [0.1, 0.15) is 6.54 Å². The predicted molar refractivity (Wildman–Crippen MR) is 123 cm³/mol. The molecule has 0 aliphatic heterocycles. The molecular formula is C24H25N5O3. The third kappa shape index (κ3) is 3.99. The molecule has 1 amide bonds. The topological polar surface area (TPSA) is 90.9 Å². The number of benzene rings is 2. The van der Waals surface area contributed by atoms with Crippen molar-refractivity contribution in [3.8, 4) is 0 Å². The Labute approximate surface area is 184 Å². The van der Waals surface area contributed by atoms with Crippen LogP contribution in [-0.2, 0) is 31.5 Å². The van der Waals surface area contributed by atoms with Gasteiger partial charge >= 0.3 is 11.1 Å². The highest BCUT2D eigenvalue weighted by Gasteiger charge is 2.16. The molecule has 1 N–H and O–H groups in total. The lowest BCUT2D eigenvalue weighted by molar-refractivity contribution is -0.121. The van der Waals surface area contributed by atoms with Crippen LogP contribution >= 0.6 is 0 Å². The fourth-order valence-corrected chi connectivity index (χ4v) is 3.91. The van der Waals surface area contributed by atoms with Crippen LogP contribution < -0.4 is 16.4 Å². The normalized spacial score (nSPS) is 11.1. The summed E-state index contributed by atoms with van der Waals surface area (Å²) < 4.78 is 4.47. The second-order valence-corrected chi connectivity index (χ2v) is 7.81. The molecule has 2 aromatic heterocycles. The van der Waals surface area contributed by atoms with E-state index in [0.717, 1.165) is 22.5 Å². The van der Waals surface area contributed by atoms with Crippen molar-refractivity contribution in [1.29, 1.82) is 0 Å². The first-order valence-electron chi connectivity index (χ1n) is 10.4. The number of nitrogens with zero attached hydrogens (tertiary/aromatic N) is 4. The van der Waals surface area contributed by atoms with Crippen molar-refractivity contribution in [3.05, 3.63) is 97.8 Å². The Balaban J connectivity index is 1.65. The minimum absolute atomic E-state index is 0.237. The molecule has 164 valence electrons. The minimum Gasteiger partial charge on any atom is -0.350 e. The van der Waals surface area contributed by atoms with Crippen LogP contribution in [0.3, 0.4) is 0 Å². The summed E-state index contributed by atoms with van der Waals surface area (Å²) in [6, 6.07) is 16.6. The van der Waals surface area contributed by atoms with E-state index in [1.165, 1.54) is 9.13 Å². The molecule has 0 unspecified atom stereocenters. The first kappa shape index (κ1) is 21.3. The zero-order valence-corrected chi connectivity index (χ0v) is 18.3. The van der Waals surface area contributed by atoms with Crippen molar-refractivity contribution < 1.29 is 4.79 Å². The summed E-state index contributed by atoms with van der Waals surface area (Å²) >= 11 is 0. The minimum atomic E-state index is -0.719. The molecule has 0 radical (unpaired) electrons. The quantitative estimate of drug-likeness (QED) is 0.472. The molecular weight excluding hydrogens is 406 g/mol. The van der Waals surface area contributed by atoms with Crippen LogP contribution in [0.2, 0.25) is 0 Å². The van der Waals surface area contributed by atoms with E-state index >= 15 is 0 Å². The van der Waals surface area contributed by atoms with E-state index in [1.54, 1.807) is 22.9 Å². The van der Waals surface area contributed by atoms with Gasteiger partial charge in [-0.15, -0.1) is 0 Å². The van der Waals surface area contributed by atoms with Crippen molar-refractivity contribution >= 4 is 16.9 Å². The maximum Gasteiger partial charge on any atom is 0.317 e. The first-order valence-corrected chi connectivity index (χ1v) is 10.4. The van der Waals surface area contributed by atoms with Crippen LogP contribution in [0.15, 0.2) is 64.2 Å². The molecule has 0 spiro atoms. The summed E-state index contributed by atoms with van der Waals surface area (Å²) in [6.07, 6.45) is 0. The lowest BCUT2D eigenvalue weighted by atomic mass is 10.2. The molecule has 4 rings (SSSR count). The van der Waals surface area contributed by atoms with Gasteiger partial charge in [-0.2, -0.15) is 5.10 Å². The fourth-order valence-electron chi connectivity index (χ4n) is 3.91. The zero-order valence-electron chi connectivity index (χ0n) is 18.3. The number of aromatic nitrogens is 4. The van der Waals surface area contributed by atoms with Gasteiger partial charge in [-0.1, -0.05) is 42.5 Å². The summed E-state index contributed by atoms with van der Waals surface area (Å²) in [5.41, 5.74) is 3.44. The highest BCUT2D eigenvalue weighted by atomic mass is 16.2. The molecule has 2 aromatic carbocycles. The monoisotopic (exact) mass is 431 g/mol. The Kier molecular flexibility index (Phi) is 5.77. The average Bonchev–Trinajstić information content (AvgIpc) is 3.04. The summed E-state index contributed by atoms with van der Waals surface area (Å²) in [7, 11) is 1.85. The first-order chi connectivity index (χ1) is 15.4. The van der Waals surface area contributed by atoms with E-state index in [-0.39, 0.29) is 19.0 Å². The maximum absolute atomic E-state index is 13.0. The van der Waals surface area contributed by atoms with Crippen molar-refractivity contribution in [2.24, 2.45) is 7.05 Å². The van der Waals surface area contributed by atoms with Crippen molar-refractivity contribution in [2.45, 2.75) is 33.5 Å². The number of aryl methyl sites for hydroxylation is 2. The number of rotatable bonds is 6. The molecule has 2 heterocycles. The Hall–Kier alpha value is -3.94. The number of nitrogens with one attached hydrogen (secondary N) is 1. The largest absolute Gasteiger partial charge is 0.350 e. The van der Waals surface area contributed by atoms with Gasteiger partial charge in [0.25, 0.3) is 0 Å². The SMILES string of the molecule is Cc1nn(C)c(C)c1CNC(=O)Cn1c(=O)c(=O)n(Cc2ccccc2)c2ccccc21. The number of para-hydroxylation sites is 2. The van der Waals surface area contributed by atoms with Gasteiger partial charge in [-0.3, -0.25) is 28.2 Å². The summed E-state index contributed by atoms with van der Waals surface area (Å²) in [6.45, 7) is 4.17. The van der Waals surface area contributed by atoms with E-state index < -0.39 is 11.1 Å².